The van der Waals surface area contributed by atoms with Gasteiger partial charge in [0.2, 0.25) is 11.8 Å². The van der Waals surface area contributed by atoms with Crippen molar-refractivity contribution in [3.8, 4) is 0 Å². The number of hydrogen-bond acceptors (Lipinski definition) is 7. The highest BCUT2D eigenvalue weighted by Crippen LogP contribution is 2.40. The minimum Gasteiger partial charge on any atom is -0.467 e. The number of methoxy groups -OCH3 is 1. The van der Waals surface area contributed by atoms with E-state index in [1.807, 2.05) is 54.6 Å². The first-order chi connectivity index (χ1) is 19.4. The highest BCUT2D eigenvalue weighted by molar-refractivity contribution is 5.98. The Balaban J connectivity index is 1.65. The standard InChI is InChI=1S/C31H39N3O7/c1-21(27(36)39-5)33-16-15-31(28(33)37)17-23-13-9-10-14-24(23)18-34(31)26(35)25(32-29(38)41-30(2,3)4)20-40-19-22-11-7-6-8-12-22/h6-14,21,25H,15-20H2,1-5H3,(H,32,38)/t21-,25-,31+/m0/s1. The van der Waals surface area contributed by atoms with Gasteiger partial charge in [-0.2, -0.15) is 0 Å². The van der Waals surface area contributed by atoms with Crippen LogP contribution in [0.2, 0.25) is 0 Å². The van der Waals surface area contributed by atoms with E-state index in [0.717, 1.165) is 16.7 Å². The van der Waals surface area contributed by atoms with Gasteiger partial charge in [-0.1, -0.05) is 54.6 Å². The number of carbonyl (C=O) groups is 4. The summed E-state index contributed by atoms with van der Waals surface area (Å²) in [4.78, 5) is 56.6. The summed E-state index contributed by atoms with van der Waals surface area (Å²) in [5.41, 5.74) is 0.799. The first-order valence-electron chi connectivity index (χ1n) is 13.8. The molecule has 2 aliphatic rings. The lowest BCUT2D eigenvalue weighted by Crippen LogP contribution is -2.64. The average Bonchev–Trinajstić information content (AvgIpc) is 3.25. The zero-order valence-corrected chi connectivity index (χ0v) is 24.3. The summed E-state index contributed by atoms with van der Waals surface area (Å²) in [6.07, 6.45) is -0.135. The van der Waals surface area contributed by atoms with E-state index in [9.17, 15) is 19.2 Å². The van der Waals surface area contributed by atoms with Crippen LogP contribution in [0.25, 0.3) is 0 Å². The van der Waals surface area contributed by atoms with Crippen molar-refractivity contribution in [2.75, 3.05) is 20.3 Å². The number of carbonyl (C=O) groups excluding carboxylic acids is 4. The third-order valence-electron chi connectivity index (χ3n) is 7.53. The fourth-order valence-electron chi connectivity index (χ4n) is 5.45. The molecular weight excluding hydrogens is 526 g/mol. The Kier molecular flexibility index (Phi) is 9.01. The molecule has 1 N–H and O–H groups in total. The predicted octanol–water partition coefficient (Wildman–Crippen LogP) is 3.21. The Labute approximate surface area is 240 Å². The molecule has 0 bridgehead atoms. The number of likely N-dealkylation sites (tertiary alicyclic amines) is 1. The van der Waals surface area contributed by atoms with Gasteiger partial charge in [-0.25, -0.2) is 9.59 Å². The van der Waals surface area contributed by atoms with Crippen LogP contribution < -0.4 is 5.32 Å². The Morgan fingerprint density at radius 2 is 1.68 bits per heavy atom. The van der Waals surface area contributed by atoms with Gasteiger partial charge >= 0.3 is 12.1 Å². The zero-order valence-electron chi connectivity index (χ0n) is 24.3. The largest absolute Gasteiger partial charge is 0.467 e. The van der Waals surface area contributed by atoms with Gasteiger partial charge < -0.3 is 29.3 Å². The smallest absolute Gasteiger partial charge is 0.408 e. The van der Waals surface area contributed by atoms with E-state index in [2.05, 4.69) is 5.32 Å². The fraction of sp³-hybridized carbons (Fsp3) is 0.484. The van der Waals surface area contributed by atoms with Crippen molar-refractivity contribution in [1.82, 2.24) is 15.1 Å². The molecule has 0 aliphatic carbocycles. The summed E-state index contributed by atoms with van der Waals surface area (Å²) in [5, 5.41) is 2.69. The molecule has 10 nitrogen and oxygen atoms in total. The summed E-state index contributed by atoms with van der Waals surface area (Å²) in [6.45, 7) is 7.40. The number of fused-ring (bicyclic) bond motifs is 1. The molecule has 3 amide bonds. The van der Waals surface area contributed by atoms with E-state index in [-0.39, 0.29) is 32.2 Å². The Morgan fingerprint density at radius 1 is 1.02 bits per heavy atom. The summed E-state index contributed by atoms with van der Waals surface area (Å²) in [5.74, 6) is -1.30. The van der Waals surface area contributed by atoms with Gasteiger partial charge in [-0.15, -0.1) is 0 Å². The van der Waals surface area contributed by atoms with Crippen molar-refractivity contribution < 1.29 is 33.4 Å². The summed E-state index contributed by atoms with van der Waals surface area (Å²) >= 11 is 0. The van der Waals surface area contributed by atoms with Crippen LogP contribution in [-0.4, -0.2) is 77.2 Å². The molecule has 0 radical (unpaired) electrons. The van der Waals surface area contributed by atoms with Gasteiger partial charge in [0.1, 0.15) is 23.2 Å². The highest BCUT2D eigenvalue weighted by Gasteiger charge is 2.56. The molecular formula is C31H39N3O7. The molecule has 0 unspecified atom stereocenters. The molecule has 2 heterocycles. The number of alkyl carbamates (subject to hydrolysis) is 1. The topological polar surface area (TPSA) is 114 Å². The van der Waals surface area contributed by atoms with Crippen molar-refractivity contribution in [3.63, 3.8) is 0 Å². The number of hydrogen-bond donors (Lipinski definition) is 1. The second kappa shape index (κ2) is 12.3. The molecule has 0 aromatic heterocycles. The lowest BCUT2D eigenvalue weighted by Gasteiger charge is -2.45. The van der Waals surface area contributed by atoms with Crippen molar-refractivity contribution >= 4 is 23.9 Å². The maximum absolute atomic E-state index is 14.3. The van der Waals surface area contributed by atoms with Gasteiger partial charge in [0.15, 0.2) is 0 Å². The summed E-state index contributed by atoms with van der Waals surface area (Å²) in [7, 11) is 1.28. The molecule has 2 aliphatic heterocycles. The molecule has 4 rings (SSSR count). The molecule has 1 spiro atoms. The molecule has 1 saturated heterocycles. The predicted molar refractivity (Wildman–Crippen MR) is 150 cm³/mol. The SMILES string of the molecule is COC(=O)[C@H](C)N1CC[C@@]2(Cc3ccccc3CN2C(=O)[C@H](COCc2ccccc2)NC(=O)OC(C)(C)C)C1=O. The molecule has 3 atom stereocenters. The number of ether oxygens (including phenoxy) is 3. The lowest BCUT2D eigenvalue weighted by molar-refractivity contribution is -0.158. The van der Waals surface area contributed by atoms with Crippen molar-refractivity contribution in [2.45, 2.75) is 76.9 Å². The molecule has 2 aromatic carbocycles. The molecule has 2 aromatic rings. The van der Waals surface area contributed by atoms with Crippen LogP contribution in [0.15, 0.2) is 54.6 Å². The molecule has 41 heavy (non-hydrogen) atoms. The van der Waals surface area contributed by atoms with E-state index in [1.165, 1.54) is 12.0 Å². The van der Waals surface area contributed by atoms with E-state index in [4.69, 9.17) is 14.2 Å². The molecule has 10 heteroatoms. The molecule has 1 fully saturated rings. The van der Waals surface area contributed by atoms with Gasteiger partial charge in [0, 0.05) is 19.5 Å². The number of nitrogens with one attached hydrogen (secondary N) is 1. The van der Waals surface area contributed by atoms with Crippen LogP contribution in [0.4, 0.5) is 4.79 Å². The van der Waals surface area contributed by atoms with Crippen LogP contribution in [0.1, 0.15) is 50.8 Å². The fourth-order valence-corrected chi connectivity index (χ4v) is 5.45. The van der Waals surface area contributed by atoms with Gasteiger partial charge in [-0.3, -0.25) is 9.59 Å². The summed E-state index contributed by atoms with van der Waals surface area (Å²) < 4.78 is 16.2. The highest BCUT2D eigenvalue weighted by atomic mass is 16.6. The van der Waals surface area contributed by atoms with E-state index < -0.39 is 41.2 Å². The number of rotatable bonds is 8. The minimum absolute atomic E-state index is 0.127. The maximum atomic E-state index is 14.3. The molecule has 0 saturated carbocycles. The quantitative estimate of drug-likeness (QED) is 0.489. The Hall–Kier alpha value is -3.92. The van der Waals surface area contributed by atoms with Gasteiger partial charge in [0.05, 0.1) is 20.3 Å². The molecule has 220 valence electrons. The van der Waals surface area contributed by atoms with Crippen LogP contribution in [-0.2, 0) is 48.2 Å². The monoisotopic (exact) mass is 565 g/mol. The average molecular weight is 566 g/mol. The van der Waals surface area contributed by atoms with Crippen LogP contribution >= 0.6 is 0 Å². The van der Waals surface area contributed by atoms with Crippen LogP contribution in [0.3, 0.4) is 0 Å². The van der Waals surface area contributed by atoms with Crippen LogP contribution in [0, 0.1) is 0 Å². The third kappa shape index (κ3) is 6.70. The lowest BCUT2D eigenvalue weighted by atomic mass is 9.81. The Bertz CT molecular complexity index is 1280. The number of amides is 3. The zero-order chi connectivity index (χ0) is 29.8. The summed E-state index contributed by atoms with van der Waals surface area (Å²) in [6, 6.07) is 15.3. The van der Waals surface area contributed by atoms with Gasteiger partial charge in [-0.05, 0) is 50.8 Å². The second-order valence-corrected chi connectivity index (χ2v) is 11.5. The Morgan fingerprint density at radius 3 is 2.34 bits per heavy atom. The van der Waals surface area contributed by atoms with E-state index in [0.29, 0.717) is 12.8 Å². The number of nitrogens with zero attached hydrogens (tertiary/aromatic N) is 2. The minimum atomic E-state index is -1.22. The first kappa shape index (κ1) is 30.0. The van der Waals surface area contributed by atoms with Crippen molar-refractivity contribution in [3.05, 3.63) is 71.3 Å². The van der Waals surface area contributed by atoms with E-state index in [1.54, 1.807) is 32.6 Å². The maximum Gasteiger partial charge on any atom is 0.408 e. The normalized spacial score (nSPS) is 19.9. The second-order valence-electron chi connectivity index (χ2n) is 11.5. The number of benzene rings is 2. The van der Waals surface area contributed by atoms with Crippen molar-refractivity contribution in [1.29, 1.82) is 0 Å². The van der Waals surface area contributed by atoms with Gasteiger partial charge in [0.25, 0.3) is 0 Å². The third-order valence-corrected chi connectivity index (χ3v) is 7.53. The van der Waals surface area contributed by atoms with E-state index >= 15 is 0 Å². The van der Waals surface area contributed by atoms with Crippen LogP contribution in [0.5, 0.6) is 0 Å². The first-order valence-corrected chi connectivity index (χ1v) is 13.8. The number of esters is 1. The van der Waals surface area contributed by atoms with Crippen molar-refractivity contribution in [2.24, 2.45) is 0 Å².